The van der Waals surface area contributed by atoms with Gasteiger partial charge < -0.3 is 10.5 Å². The highest BCUT2D eigenvalue weighted by Crippen LogP contribution is 2.14. The van der Waals surface area contributed by atoms with Crippen molar-refractivity contribution in [3.05, 3.63) is 24.3 Å². The number of hydrogen-bond acceptors (Lipinski definition) is 6. The molecule has 0 saturated carbocycles. The number of nitrogen functional groups attached to an aromatic ring is 1. The first-order valence-electron chi connectivity index (χ1n) is 6.97. The number of rotatable bonds is 7. The number of carbonyl (C=O) groups is 1. The number of carbonyl (C=O) groups excluding carboxylic acids is 1. The molecule has 0 aliphatic rings. The first-order valence-corrected chi connectivity index (χ1v) is 6.97. The molecule has 8 heteroatoms. The van der Waals surface area contributed by atoms with Crippen LogP contribution < -0.4 is 5.73 Å². The summed E-state index contributed by atoms with van der Waals surface area (Å²) in [6.45, 7) is 4.38. The van der Waals surface area contributed by atoms with Gasteiger partial charge in [0.25, 0.3) is 0 Å². The Morgan fingerprint density at radius 2 is 2.14 bits per heavy atom. The summed E-state index contributed by atoms with van der Waals surface area (Å²) >= 11 is 0. The Morgan fingerprint density at radius 1 is 1.38 bits per heavy atom. The van der Waals surface area contributed by atoms with Crippen LogP contribution >= 0.6 is 0 Å². The first-order chi connectivity index (χ1) is 10.1. The maximum absolute atomic E-state index is 11.7. The Balaban J connectivity index is 1.84. The molecule has 0 aliphatic carbocycles. The molecule has 0 saturated heterocycles. The van der Waals surface area contributed by atoms with Gasteiger partial charge in [-0.05, 0) is 18.9 Å². The third kappa shape index (κ3) is 4.04. The predicted octanol–water partition coefficient (Wildman–Crippen LogP) is 1.16. The normalized spacial score (nSPS) is 11.0. The minimum absolute atomic E-state index is 0.0164. The Hall–Kier alpha value is -2.38. The summed E-state index contributed by atoms with van der Waals surface area (Å²) in [6.07, 6.45) is 5.34. The van der Waals surface area contributed by atoms with Gasteiger partial charge in [0.1, 0.15) is 19.5 Å². The number of esters is 1. The van der Waals surface area contributed by atoms with Crippen molar-refractivity contribution in [3.8, 4) is 0 Å². The smallest absolute Gasteiger partial charge is 0.328 e. The van der Waals surface area contributed by atoms with E-state index in [4.69, 9.17) is 10.5 Å². The molecule has 0 fully saturated rings. The lowest BCUT2D eigenvalue weighted by Gasteiger charge is -2.12. The molecule has 0 amide bonds. The standard InChI is InChI=1S/C13H20N6O2/c1-3-11(4-2)19-6-5-10(16-19)8-21-12(20)7-18-9-15-13(14)17-18/h5-6,9,11H,3-4,7-8H2,1-2H3,(H2,14,17). The molecule has 2 aromatic heterocycles. The molecule has 2 rings (SSSR count). The van der Waals surface area contributed by atoms with Crippen molar-refractivity contribution in [1.29, 1.82) is 0 Å². The SMILES string of the molecule is CCC(CC)n1ccc(COC(=O)Cn2cnc(N)n2)n1. The summed E-state index contributed by atoms with van der Waals surface area (Å²) in [5.41, 5.74) is 6.10. The van der Waals surface area contributed by atoms with Crippen LogP contribution in [0.25, 0.3) is 0 Å². The summed E-state index contributed by atoms with van der Waals surface area (Å²) in [7, 11) is 0. The van der Waals surface area contributed by atoms with Crippen LogP contribution in [0.2, 0.25) is 0 Å². The number of aromatic nitrogens is 5. The fourth-order valence-electron chi connectivity index (χ4n) is 2.04. The molecule has 0 radical (unpaired) electrons. The number of ether oxygens (including phenoxy) is 1. The lowest BCUT2D eigenvalue weighted by atomic mass is 10.2. The topological polar surface area (TPSA) is 101 Å². The monoisotopic (exact) mass is 292 g/mol. The number of hydrogen-bond donors (Lipinski definition) is 1. The molecule has 0 bridgehead atoms. The van der Waals surface area contributed by atoms with Crippen LogP contribution in [0.4, 0.5) is 5.95 Å². The molecule has 114 valence electrons. The zero-order valence-electron chi connectivity index (χ0n) is 12.3. The lowest BCUT2D eigenvalue weighted by Crippen LogP contribution is -2.14. The molecule has 0 unspecified atom stereocenters. The Bertz CT molecular complexity index is 587. The van der Waals surface area contributed by atoms with Gasteiger partial charge in [-0.2, -0.15) is 5.10 Å². The molecule has 0 atom stereocenters. The Morgan fingerprint density at radius 3 is 2.76 bits per heavy atom. The average molecular weight is 292 g/mol. The van der Waals surface area contributed by atoms with Crippen LogP contribution in [0.5, 0.6) is 0 Å². The number of nitrogens with two attached hydrogens (primary N) is 1. The maximum atomic E-state index is 11.7. The molecular weight excluding hydrogens is 272 g/mol. The molecule has 2 N–H and O–H groups in total. The van der Waals surface area contributed by atoms with Gasteiger partial charge >= 0.3 is 5.97 Å². The van der Waals surface area contributed by atoms with E-state index in [1.54, 1.807) is 0 Å². The summed E-state index contributed by atoms with van der Waals surface area (Å²) in [5.74, 6) is -0.274. The van der Waals surface area contributed by atoms with Gasteiger partial charge in [0, 0.05) is 6.20 Å². The van der Waals surface area contributed by atoms with E-state index in [1.807, 2.05) is 16.9 Å². The van der Waals surface area contributed by atoms with Crippen molar-refractivity contribution in [1.82, 2.24) is 24.5 Å². The zero-order valence-corrected chi connectivity index (χ0v) is 12.3. The van der Waals surface area contributed by atoms with E-state index < -0.39 is 5.97 Å². The van der Waals surface area contributed by atoms with Gasteiger partial charge in [0.15, 0.2) is 0 Å². The highest BCUT2D eigenvalue weighted by atomic mass is 16.5. The van der Waals surface area contributed by atoms with E-state index >= 15 is 0 Å². The van der Waals surface area contributed by atoms with E-state index in [0.29, 0.717) is 6.04 Å². The Kier molecular flexibility index (Phi) is 4.91. The molecular formula is C13H20N6O2. The molecule has 21 heavy (non-hydrogen) atoms. The van der Waals surface area contributed by atoms with E-state index in [1.165, 1.54) is 11.0 Å². The van der Waals surface area contributed by atoms with Crippen LogP contribution in [0.15, 0.2) is 18.6 Å². The second-order valence-electron chi connectivity index (χ2n) is 4.72. The molecule has 0 aromatic carbocycles. The minimum atomic E-state index is -0.406. The van der Waals surface area contributed by atoms with Crippen LogP contribution in [0.3, 0.4) is 0 Å². The summed E-state index contributed by atoms with van der Waals surface area (Å²) in [4.78, 5) is 15.4. The van der Waals surface area contributed by atoms with E-state index in [0.717, 1.165) is 18.5 Å². The van der Waals surface area contributed by atoms with E-state index in [2.05, 4.69) is 29.0 Å². The van der Waals surface area contributed by atoms with E-state index in [9.17, 15) is 4.79 Å². The lowest BCUT2D eigenvalue weighted by molar-refractivity contribution is -0.146. The van der Waals surface area contributed by atoms with Crippen molar-refractivity contribution < 1.29 is 9.53 Å². The third-order valence-corrected chi connectivity index (χ3v) is 3.21. The van der Waals surface area contributed by atoms with Crippen molar-refractivity contribution in [2.45, 2.75) is 45.9 Å². The number of nitrogens with zero attached hydrogens (tertiary/aromatic N) is 5. The van der Waals surface area contributed by atoms with Crippen LogP contribution in [-0.2, 0) is 22.7 Å². The molecule has 0 aliphatic heterocycles. The van der Waals surface area contributed by atoms with Gasteiger partial charge in [-0.1, -0.05) is 13.8 Å². The van der Waals surface area contributed by atoms with Gasteiger partial charge in [-0.25, -0.2) is 9.67 Å². The van der Waals surface area contributed by atoms with Gasteiger partial charge in [0.2, 0.25) is 5.95 Å². The second-order valence-corrected chi connectivity index (χ2v) is 4.72. The summed E-state index contributed by atoms with van der Waals surface area (Å²) < 4.78 is 8.41. The predicted molar refractivity (Wildman–Crippen MR) is 76.1 cm³/mol. The maximum Gasteiger partial charge on any atom is 0.328 e. The zero-order chi connectivity index (χ0) is 15.2. The van der Waals surface area contributed by atoms with Crippen molar-refractivity contribution >= 4 is 11.9 Å². The number of anilines is 1. The van der Waals surface area contributed by atoms with Gasteiger partial charge in [0.05, 0.1) is 11.7 Å². The third-order valence-electron chi connectivity index (χ3n) is 3.21. The largest absolute Gasteiger partial charge is 0.458 e. The summed E-state index contributed by atoms with van der Waals surface area (Å²) in [6, 6.07) is 2.24. The second kappa shape index (κ2) is 6.87. The quantitative estimate of drug-likeness (QED) is 0.768. The van der Waals surface area contributed by atoms with Crippen LogP contribution in [-0.4, -0.2) is 30.5 Å². The average Bonchev–Trinajstić information content (AvgIpc) is 3.08. The minimum Gasteiger partial charge on any atom is -0.458 e. The van der Waals surface area contributed by atoms with Gasteiger partial charge in [-0.3, -0.25) is 9.48 Å². The summed E-state index contributed by atoms with van der Waals surface area (Å²) in [5, 5.41) is 8.24. The Labute approximate surface area is 122 Å². The van der Waals surface area contributed by atoms with Crippen LogP contribution in [0, 0.1) is 0 Å². The van der Waals surface area contributed by atoms with Crippen molar-refractivity contribution in [2.24, 2.45) is 0 Å². The molecule has 8 nitrogen and oxygen atoms in total. The van der Waals surface area contributed by atoms with Gasteiger partial charge in [-0.15, -0.1) is 5.10 Å². The van der Waals surface area contributed by atoms with Crippen molar-refractivity contribution in [2.75, 3.05) is 5.73 Å². The molecule has 2 aromatic rings. The fourth-order valence-corrected chi connectivity index (χ4v) is 2.04. The molecule has 0 spiro atoms. The van der Waals surface area contributed by atoms with E-state index in [-0.39, 0.29) is 19.1 Å². The molecule has 2 heterocycles. The van der Waals surface area contributed by atoms with Crippen molar-refractivity contribution in [3.63, 3.8) is 0 Å². The highest BCUT2D eigenvalue weighted by Gasteiger charge is 2.10. The first kappa shape index (κ1) is 15.0. The highest BCUT2D eigenvalue weighted by molar-refractivity contribution is 5.69. The van der Waals surface area contributed by atoms with Crippen LogP contribution in [0.1, 0.15) is 38.4 Å². The fraction of sp³-hybridized carbons (Fsp3) is 0.538.